The summed E-state index contributed by atoms with van der Waals surface area (Å²) in [5.74, 6) is 1.83. The van der Waals surface area contributed by atoms with E-state index in [0.29, 0.717) is 17.5 Å². The Morgan fingerprint density at radius 2 is 1.13 bits per heavy atom. The minimum atomic E-state index is -0.107. The van der Waals surface area contributed by atoms with Gasteiger partial charge in [0.2, 0.25) is 0 Å². The normalized spacial score (nSPS) is 13.2. The van der Waals surface area contributed by atoms with Gasteiger partial charge >= 0.3 is 0 Å². The van der Waals surface area contributed by atoms with Gasteiger partial charge in [0, 0.05) is 54.4 Å². The molecule has 0 unspecified atom stereocenters. The summed E-state index contributed by atoms with van der Waals surface area (Å²) < 4.78 is 9.36. The average molecular weight is 781 g/mol. The van der Waals surface area contributed by atoms with Crippen molar-refractivity contribution in [1.29, 1.82) is 0 Å². The number of fused-ring (bicyclic) bond motifs is 13. The van der Waals surface area contributed by atoms with Crippen molar-refractivity contribution >= 4 is 65.3 Å². The quantitative estimate of drug-likeness (QED) is 0.178. The van der Waals surface area contributed by atoms with E-state index in [1.165, 1.54) is 43.9 Å². The van der Waals surface area contributed by atoms with Crippen LogP contribution in [-0.4, -0.2) is 19.5 Å². The van der Waals surface area contributed by atoms with Gasteiger partial charge in [0.15, 0.2) is 17.5 Å². The molecule has 0 atom stereocenters. The van der Waals surface area contributed by atoms with Crippen LogP contribution in [0.15, 0.2) is 186 Å². The Morgan fingerprint density at radius 1 is 0.443 bits per heavy atom. The Hall–Kier alpha value is -7.89. The smallest absolute Gasteiger partial charge is 0.164 e. The fourth-order valence-corrected chi connectivity index (χ4v) is 10.2. The highest BCUT2D eigenvalue weighted by atomic mass is 16.3. The number of hydrogen-bond acceptors (Lipinski definition) is 4. The zero-order chi connectivity index (χ0) is 40.4. The first-order valence-corrected chi connectivity index (χ1v) is 20.9. The molecule has 5 heteroatoms. The lowest BCUT2D eigenvalue weighted by atomic mass is 9.82. The Bertz CT molecular complexity index is 3800. The first-order valence-electron chi connectivity index (χ1n) is 20.9. The number of aromatic nitrogens is 4. The predicted octanol–water partition coefficient (Wildman–Crippen LogP) is 14.5. The van der Waals surface area contributed by atoms with Crippen molar-refractivity contribution in [2.45, 2.75) is 19.3 Å². The van der Waals surface area contributed by atoms with Crippen molar-refractivity contribution in [2.75, 3.05) is 0 Å². The van der Waals surface area contributed by atoms with Crippen LogP contribution in [0.1, 0.15) is 25.0 Å². The Kier molecular flexibility index (Phi) is 7.00. The van der Waals surface area contributed by atoms with Crippen molar-refractivity contribution in [1.82, 2.24) is 19.5 Å². The molecule has 0 saturated carbocycles. The van der Waals surface area contributed by atoms with Crippen LogP contribution < -0.4 is 0 Å². The number of para-hydroxylation sites is 1. The molecule has 9 aromatic carbocycles. The largest absolute Gasteiger partial charge is 0.455 e. The highest BCUT2D eigenvalue weighted by molar-refractivity contribution is 6.23. The molecule has 12 aromatic rings. The van der Waals surface area contributed by atoms with Gasteiger partial charge in [-0.05, 0) is 63.4 Å². The van der Waals surface area contributed by atoms with Crippen molar-refractivity contribution in [3.05, 3.63) is 193 Å². The molecule has 61 heavy (non-hydrogen) atoms. The molecule has 1 aliphatic carbocycles. The van der Waals surface area contributed by atoms with E-state index < -0.39 is 0 Å². The summed E-state index contributed by atoms with van der Waals surface area (Å²) in [6.07, 6.45) is 0. The van der Waals surface area contributed by atoms with Crippen LogP contribution in [0.2, 0.25) is 0 Å². The van der Waals surface area contributed by atoms with Crippen LogP contribution >= 0.6 is 0 Å². The topological polar surface area (TPSA) is 56.7 Å². The first-order chi connectivity index (χ1) is 30.0. The lowest BCUT2D eigenvalue weighted by Gasteiger charge is -2.21. The molecule has 0 fully saturated rings. The third kappa shape index (κ3) is 4.86. The fourth-order valence-electron chi connectivity index (χ4n) is 10.2. The maximum absolute atomic E-state index is 6.90. The second-order valence-corrected chi connectivity index (χ2v) is 16.7. The molecular formula is C56H36N4O. The van der Waals surface area contributed by atoms with Gasteiger partial charge in [-0.15, -0.1) is 0 Å². The summed E-state index contributed by atoms with van der Waals surface area (Å²) >= 11 is 0. The Balaban J connectivity index is 1.10. The van der Waals surface area contributed by atoms with Crippen LogP contribution in [-0.2, 0) is 5.41 Å². The van der Waals surface area contributed by atoms with Gasteiger partial charge in [0.05, 0.1) is 16.7 Å². The van der Waals surface area contributed by atoms with E-state index in [0.717, 1.165) is 66.0 Å². The summed E-state index contributed by atoms with van der Waals surface area (Å²) in [4.78, 5) is 15.5. The molecule has 0 aliphatic heterocycles. The molecule has 286 valence electrons. The number of nitrogens with zero attached hydrogens (tertiary/aromatic N) is 4. The molecule has 0 radical (unpaired) electrons. The highest BCUT2D eigenvalue weighted by Crippen LogP contribution is 2.53. The lowest BCUT2D eigenvalue weighted by molar-refractivity contribution is 0.661. The van der Waals surface area contributed by atoms with E-state index in [-0.39, 0.29) is 5.41 Å². The fraction of sp³-hybridized carbons (Fsp3) is 0.0536. The van der Waals surface area contributed by atoms with Crippen LogP contribution in [0.25, 0.3) is 116 Å². The standard InChI is InChI=1S/C56H36N4O/c1-56(2)43-24-12-10-21-39(43)50-44(56)29-30-46-51(50)40-22-11-13-25-45(40)60(46)47-32-42-49-41(23-14-26-48(49)61-52(42)38-20-9-8-19-37(38)47)55-58-53(34-16-4-3-5-17-34)57-54(59-55)36-28-27-33-15-6-7-18-35(33)31-36/h3-32H,1-2H3. The number of benzene rings is 9. The molecule has 0 spiro atoms. The maximum Gasteiger partial charge on any atom is 0.164 e. The molecule has 0 bridgehead atoms. The molecule has 0 saturated heterocycles. The van der Waals surface area contributed by atoms with Crippen molar-refractivity contribution in [3.8, 4) is 51.0 Å². The minimum Gasteiger partial charge on any atom is -0.455 e. The highest BCUT2D eigenvalue weighted by Gasteiger charge is 2.37. The molecule has 0 amide bonds. The Morgan fingerprint density at radius 3 is 2.00 bits per heavy atom. The van der Waals surface area contributed by atoms with Crippen LogP contribution in [0.4, 0.5) is 0 Å². The molecule has 3 aromatic heterocycles. The molecular weight excluding hydrogens is 745 g/mol. The monoisotopic (exact) mass is 780 g/mol. The lowest BCUT2D eigenvalue weighted by Crippen LogP contribution is -2.14. The average Bonchev–Trinajstić information content (AvgIpc) is 3.94. The van der Waals surface area contributed by atoms with Crippen molar-refractivity contribution in [2.24, 2.45) is 0 Å². The summed E-state index contributed by atoms with van der Waals surface area (Å²) in [7, 11) is 0. The van der Waals surface area contributed by atoms with Gasteiger partial charge in [-0.25, -0.2) is 15.0 Å². The Labute approximate surface area is 351 Å². The predicted molar refractivity (Wildman–Crippen MR) is 250 cm³/mol. The molecule has 0 N–H and O–H groups in total. The SMILES string of the molecule is CC1(C)c2ccccc2-c2c1ccc1c2c2ccccc2n1-c1cc2c(oc3cccc(-c4nc(-c5ccccc5)nc(-c5ccc6ccccc6c5)n4)c32)c2ccccc12. The summed E-state index contributed by atoms with van der Waals surface area (Å²) in [5.41, 5.74) is 13.1. The third-order valence-corrected chi connectivity index (χ3v) is 13.0. The second-order valence-electron chi connectivity index (χ2n) is 16.7. The van der Waals surface area contributed by atoms with Gasteiger partial charge in [-0.3, -0.25) is 0 Å². The third-order valence-electron chi connectivity index (χ3n) is 13.0. The summed E-state index contributed by atoms with van der Waals surface area (Å²) in [5, 5.41) is 8.97. The molecule has 13 rings (SSSR count). The van der Waals surface area contributed by atoms with Crippen LogP contribution in [0.5, 0.6) is 0 Å². The molecule has 1 aliphatic rings. The maximum atomic E-state index is 6.90. The summed E-state index contributed by atoms with van der Waals surface area (Å²) in [6.45, 7) is 4.71. The van der Waals surface area contributed by atoms with E-state index in [1.807, 2.05) is 24.3 Å². The van der Waals surface area contributed by atoms with E-state index >= 15 is 0 Å². The number of furan rings is 1. The van der Waals surface area contributed by atoms with Gasteiger partial charge in [-0.2, -0.15) is 0 Å². The van der Waals surface area contributed by atoms with E-state index in [2.05, 4.69) is 176 Å². The van der Waals surface area contributed by atoms with Gasteiger partial charge in [-0.1, -0.05) is 166 Å². The van der Waals surface area contributed by atoms with Crippen LogP contribution in [0.3, 0.4) is 0 Å². The second kappa shape index (κ2) is 12.6. The number of hydrogen-bond donors (Lipinski definition) is 0. The first kappa shape index (κ1) is 34.0. The van der Waals surface area contributed by atoms with Crippen molar-refractivity contribution < 1.29 is 4.42 Å². The van der Waals surface area contributed by atoms with E-state index in [1.54, 1.807) is 0 Å². The van der Waals surface area contributed by atoms with Crippen molar-refractivity contribution in [3.63, 3.8) is 0 Å². The number of rotatable bonds is 4. The van der Waals surface area contributed by atoms with E-state index in [4.69, 9.17) is 19.4 Å². The van der Waals surface area contributed by atoms with Gasteiger partial charge < -0.3 is 8.98 Å². The minimum absolute atomic E-state index is 0.107. The molecule has 5 nitrogen and oxygen atoms in total. The van der Waals surface area contributed by atoms with Crippen LogP contribution in [0, 0.1) is 0 Å². The molecule has 3 heterocycles. The zero-order valence-electron chi connectivity index (χ0n) is 33.5. The van der Waals surface area contributed by atoms with Gasteiger partial charge in [0.25, 0.3) is 0 Å². The summed E-state index contributed by atoms with van der Waals surface area (Å²) in [6, 6.07) is 64.6. The van der Waals surface area contributed by atoms with E-state index in [9.17, 15) is 0 Å². The van der Waals surface area contributed by atoms with Gasteiger partial charge in [0.1, 0.15) is 11.2 Å². The zero-order valence-corrected chi connectivity index (χ0v) is 33.5.